The lowest BCUT2D eigenvalue weighted by Crippen LogP contribution is -2.50. The van der Waals surface area contributed by atoms with Crippen LogP contribution in [0.4, 0.5) is 4.79 Å². The Bertz CT molecular complexity index is 657. The van der Waals surface area contributed by atoms with E-state index < -0.39 is 0 Å². The van der Waals surface area contributed by atoms with Crippen LogP contribution in [0.3, 0.4) is 0 Å². The molecule has 4 rings (SSSR count). The second kappa shape index (κ2) is 7.11. The molecule has 134 valence electrons. The Balaban J connectivity index is 1.46. The van der Waals surface area contributed by atoms with Gasteiger partial charge < -0.3 is 15.0 Å². The Hall–Kier alpha value is -1.97. The zero-order chi connectivity index (χ0) is 17.1. The summed E-state index contributed by atoms with van der Waals surface area (Å²) >= 11 is 0. The van der Waals surface area contributed by atoms with Crippen LogP contribution in [0, 0.1) is 5.41 Å². The fourth-order valence-electron chi connectivity index (χ4n) is 4.61. The fraction of sp³-hybridized carbons (Fsp3) is 0.571. The predicted molar refractivity (Wildman–Crippen MR) is 98.7 cm³/mol. The van der Waals surface area contributed by atoms with E-state index in [1.54, 1.807) is 0 Å². The molecule has 1 saturated heterocycles. The molecule has 0 bridgehead atoms. The smallest absolute Gasteiger partial charge is 0.317 e. The van der Waals surface area contributed by atoms with E-state index in [0.29, 0.717) is 5.41 Å². The van der Waals surface area contributed by atoms with Gasteiger partial charge in [0.15, 0.2) is 0 Å². The number of likely N-dealkylation sites (tertiary alicyclic amines) is 1. The number of piperidine rings is 1. The number of benzene rings is 1. The molecule has 0 saturated carbocycles. The zero-order valence-electron chi connectivity index (χ0n) is 14.9. The molecule has 2 amide bonds. The monoisotopic (exact) mass is 340 g/mol. The van der Waals surface area contributed by atoms with E-state index in [0.717, 1.165) is 63.1 Å². The molecule has 1 N–H and O–H groups in total. The SMILES string of the molecule is O=C(N[C@H]1CCCOc2ccccc21)N1CCC[C@@]2(CC=CCC2)C1. The van der Waals surface area contributed by atoms with Gasteiger partial charge in [-0.25, -0.2) is 4.79 Å². The van der Waals surface area contributed by atoms with Crippen molar-refractivity contribution in [2.75, 3.05) is 19.7 Å². The van der Waals surface area contributed by atoms with Gasteiger partial charge in [0.1, 0.15) is 5.75 Å². The van der Waals surface area contributed by atoms with Crippen LogP contribution in [0.2, 0.25) is 0 Å². The van der Waals surface area contributed by atoms with E-state index in [-0.39, 0.29) is 12.1 Å². The molecule has 1 spiro atoms. The number of carbonyl (C=O) groups is 1. The van der Waals surface area contributed by atoms with Crippen LogP contribution in [0.25, 0.3) is 0 Å². The summed E-state index contributed by atoms with van der Waals surface area (Å²) in [6.45, 7) is 2.50. The van der Waals surface area contributed by atoms with Gasteiger partial charge in [-0.3, -0.25) is 0 Å². The van der Waals surface area contributed by atoms with Crippen LogP contribution in [-0.2, 0) is 0 Å². The van der Waals surface area contributed by atoms with Crippen molar-refractivity contribution in [1.82, 2.24) is 10.2 Å². The first-order valence-corrected chi connectivity index (χ1v) is 9.68. The van der Waals surface area contributed by atoms with Crippen molar-refractivity contribution < 1.29 is 9.53 Å². The van der Waals surface area contributed by atoms with Crippen molar-refractivity contribution in [2.24, 2.45) is 5.41 Å². The molecule has 1 aromatic carbocycles. The number of urea groups is 1. The van der Waals surface area contributed by atoms with Crippen molar-refractivity contribution in [3.8, 4) is 5.75 Å². The molecule has 2 aliphatic heterocycles. The van der Waals surface area contributed by atoms with Gasteiger partial charge in [0, 0.05) is 18.7 Å². The van der Waals surface area contributed by atoms with Gasteiger partial charge in [0.25, 0.3) is 0 Å². The highest BCUT2D eigenvalue weighted by atomic mass is 16.5. The van der Waals surface area contributed by atoms with E-state index in [1.807, 2.05) is 18.2 Å². The molecule has 2 heterocycles. The second-order valence-corrected chi connectivity index (χ2v) is 7.77. The first-order chi connectivity index (χ1) is 12.3. The molecule has 3 aliphatic rings. The van der Waals surface area contributed by atoms with Gasteiger partial charge in [-0.1, -0.05) is 30.4 Å². The molecule has 1 fully saturated rings. The molecule has 4 heteroatoms. The Morgan fingerprint density at radius 1 is 1.20 bits per heavy atom. The minimum Gasteiger partial charge on any atom is -0.493 e. The number of hydrogen-bond donors (Lipinski definition) is 1. The van der Waals surface area contributed by atoms with E-state index in [2.05, 4.69) is 28.4 Å². The topological polar surface area (TPSA) is 41.6 Å². The normalized spacial score (nSPS) is 28.8. The number of fused-ring (bicyclic) bond motifs is 1. The van der Waals surface area contributed by atoms with Crippen LogP contribution in [0.1, 0.15) is 56.6 Å². The summed E-state index contributed by atoms with van der Waals surface area (Å²) in [4.78, 5) is 15.0. The average molecular weight is 340 g/mol. The average Bonchev–Trinajstić information content (AvgIpc) is 2.85. The molecule has 1 aliphatic carbocycles. The van der Waals surface area contributed by atoms with Crippen molar-refractivity contribution in [2.45, 2.75) is 51.0 Å². The molecule has 4 nitrogen and oxygen atoms in total. The predicted octanol–water partition coefficient (Wildman–Crippen LogP) is 4.43. The Kier molecular flexibility index (Phi) is 4.69. The number of rotatable bonds is 1. The van der Waals surface area contributed by atoms with Gasteiger partial charge in [-0.05, 0) is 56.4 Å². The van der Waals surface area contributed by atoms with Gasteiger partial charge in [-0.15, -0.1) is 0 Å². The summed E-state index contributed by atoms with van der Waals surface area (Å²) in [6, 6.07) is 8.25. The molecule has 0 unspecified atom stereocenters. The highest BCUT2D eigenvalue weighted by molar-refractivity contribution is 5.75. The number of nitrogens with zero attached hydrogens (tertiary/aromatic N) is 1. The summed E-state index contributed by atoms with van der Waals surface area (Å²) in [7, 11) is 0. The lowest BCUT2D eigenvalue weighted by atomic mass is 9.71. The first-order valence-electron chi connectivity index (χ1n) is 9.68. The van der Waals surface area contributed by atoms with E-state index >= 15 is 0 Å². The number of ether oxygens (including phenoxy) is 1. The van der Waals surface area contributed by atoms with E-state index in [4.69, 9.17) is 4.74 Å². The number of allylic oxidation sites excluding steroid dienone is 2. The standard InChI is InChI=1S/C21H28N2O2/c24-20(23-14-7-13-21(16-23)11-4-1-5-12-21)22-18-9-6-15-25-19-10-3-2-8-17(18)19/h1-4,8,10,18H,5-7,9,11-16H2,(H,22,24)/t18-,21-/m0/s1. The molecular weight excluding hydrogens is 312 g/mol. The van der Waals surface area contributed by atoms with Crippen molar-refractivity contribution >= 4 is 6.03 Å². The number of amides is 2. The third-order valence-corrected chi connectivity index (χ3v) is 5.99. The summed E-state index contributed by atoms with van der Waals surface area (Å²) in [6.07, 6.45) is 12.4. The molecular formula is C21H28N2O2. The van der Waals surface area contributed by atoms with Crippen LogP contribution in [0.5, 0.6) is 5.75 Å². The summed E-state index contributed by atoms with van der Waals surface area (Å²) in [5.74, 6) is 0.915. The maximum Gasteiger partial charge on any atom is 0.317 e. The highest BCUT2D eigenvalue weighted by Crippen LogP contribution is 2.41. The van der Waals surface area contributed by atoms with Gasteiger partial charge in [0.05, 0.1) is 12.6 Å². The van der Waals surface area contributed by atoms with Crippen molar-refractivity contribution in [1.29, 1.82) is 0 Å². The third-order valence-electron chi connectivity index (χ3n) is 5.99. The molecule has 25 heavy (non-hydrogen) atoms. The quantitative estimate of drug-likeness (QED) is 0.768. The van der Waals surface area contributed by atoms with Crippen molar-refractivity contribution in [3.05, 3.63) is 42.0 Å². The van der Waals surface area contributed by atoms with Gasteiger partial charge in [0.2, 0.25) is 0 Å². The van der Waals surface area contributed by atoms with Crippen LogP contribution in [0.15, 0.2) is 36.4 Å². The number of para-hydroxylation sites is 1. The maximum atomic E-state index is 13.0. The molecule has 0 aromatic heterocycles. The van der Waals surface area contributed by atoms with Gasteiger partial charge in [-0.2, -0.15) is 0 Å². The minimum absolute atomic E-state index is 0.0512. The van der Waals surface area contributed by atoms with E-state index in [9.17, 15) is 4.79 Å². The number of carbonyl (C=O) groups excluding carboxylic acids is 1. The zero-order valence-corrected chi connectivity index (χ0v) is 14.9. The number of hydrogen-bond acceptors (Lipinski definition) is 2. The maximum absolute atomic E-state index is 13.0. The summed E-state index contributed by atoms with van der Waals surface area (Å²) in [5.41, 5.74) is 1.43. The lowest BCUT2D eigenvalue weighted by Gasteiger charge is -2.44. The summed E-state index contributed by atoms with van der Waals surface area (Å²) < 4.78 is 5.82. The Morgan fingerprint density at radius 2 is 2.12 bits per heavy atom. The third kappa shape index (κ3) is 3.53. The molecule has 0 radical (unpaired) electrons. The summed E-state index contributed by atoms with van der Waals surface area (Å²) in [5, 5.41) is 3.30. The van der Waals surface area contributed by atoms with Gasteiger partial charge >= 0.3 is 6.03 Å². The molecule has 2 atom stereocenters. The largest absolute Gasteiger partial charge is 0.493 e. The first kappa shape index (κ1) is 16.5. The van der Waals surface area contributed by atoms with E-state index in [1.165, 1.54) is 12.8 Å². The molecule has 1 aromatic rings. The van der Waals surface area contributed by atoms with Crippen LogP contribution >= 0.6 is 0 Å². The second-order valence-electron chi connectivity index (χ2n) is 7.77. The van der Waals surface area contributed by atoms with Crippen LogP contribution in [-0.4, -0.2) is 30.6 Å². The number of nitrogens with one attached hydrogen (secondary N) is 1. The fourth-order valence-corrected chi connectivity index (χ4v) is 4.61. The Morgan fingerprint density at radius 3 is 3.00 bits per heavy atom. The Labute approximate surface area is 150 Å². The minimum atomic E-state index is 0.0512. The van der Waals surface area contributed by atoms with Crippen LogP contribution < -0.4 is 10.1 Å². The highest BCUT2D eigenvalue weighted by Gasteiger charge is 2.37. The van der Waals surface area contributed by atoms with Crippen molar-refractivity contribution in [3.63, 3.8) is 0 Å². The lowest BCUT2D eigenvalue weighted by molar-refractivity contribution is 0.0944.